The first kappa shape index (κ1) is 24.0. The van der Waals surface area contributed by atoms with Crippen molar-refractivity contribution < 1.29 is 12.8 Å². The van der Waals surface area contributed by atoms with Crippen LogP contribution in [0.4, 0.5) is 10.2 Å². The van der Waals surface area contributed by atoms with E-state index in [1.807, 2.05) is 13.8 Å². The van der Waals surface area contributed by atoms with Crippen molar-refractivity contribution in [3.05, 3.63) is 55.9 Å². The van der Waals surface area contributed by atoms with Gasteiger partial charge in [-0.2, -0.15) is 4.98 Å². The van der Waals surface area contributed by atoms with Gasteiger partial charge in [-0.25, -0.2) is 13.2 Å². The predicted molar refractivity (Wildman–Crippen MR) is 127 cm³/mol. The topological polar surface area (TPSA) is 81.1 Å². The van der Waals surface area contributed by atoms with Gasteiger partial charge in [0, 0.05) is 15.6 Å². The average molecular weight is 504 g/mol. The standard InChI is InChI=1S/C20H23ClFN3O3S3/c1-13-14(2)30-19(29-11-5-3-4-10-22)17-18(23-20(26)25(13)17)24-31(27,28)12-15-6-8-16(21)9-7-15/h6-9H,3-5,10-12H2,1-2H3,(H,23,24,26). The van der Waals surface area contributed by atoms with Crippen molar-refractivity contribution in [3.63, 3.8) is 0 Å². The Morgan fingerprint density at radius 1 is 1.19 bits per heavy atom. The normalized spacial score (nSPS) is 11.9. The van der Waals surface area contributed by atoms with Gasteiger partial charge in [0.25, 0.3) is 0 Å². The second-order valence-electron chi connectivity index (χ2n) is 7.04. The lowest BCUT2D eigenvalue weighted by atomic mass is 10.2. The van der Waals surface area contributed by atoms with Gasteiger partial charge in [0.1, 0.15) is 5.69 Å². The van der Waals surface area contributed by atoms with Crippen LogP contribution in [-0.2, 0) is 15.8 Å². The van der Waals surface area contributed by atoms with Crippen molar-refractivity contribution in [3.8, 4) is 5.69 Å². The summed E-state index contributed by atoms with van der Waals surface area (Å²) in [4.78, 5) is 17.5. The molecule has 3 rings (SSSR count). The Hall–Kier alpha value is -1.62. The zero-order valence-corrected chi connectivity index (χ0v) is 20.4. The van der Waals surface area contributed by atoms with Crippen LogP contribution in [0.3, 0.4) is 0 Å². The number of benzene rings is 1. The Balaban J connectivity index is 1.91. The molecular weight excluding hydrogens is 481 g/mol. The summed E-state index contributed by atoms with van der Waals surface area (Å²) < 4.78 is 42.6. The summed E-state index contributed by atoms with van der Waals surface area (Å²) in [5, 5.41) is 0.519. The Kier molecular flexibility index (Phi) is 8.01. The molecule has 0 unspecified atom stereocenters. The molecular formula is C20H23ClFN3O3S3. The summed E-state index contributed by atoms with van der Waals surface area (Å²) in [6, 6.07) is 6.53. The van der Waals surface area contributed by atoms with E-state index >= 15 is 0 Å². The molecule has 31 heavy (non-hydrogen) atoms. The number of anilines is 1. The van der Waals surface area contributed by atoms with Crippen LogP contribution in [0.25, 0.3) is 5.69 Å². The molecule has 0 spiro atoms. The first-order chi connectivity index (χ1) is 14.7. The molecule has 1 N–H and O–H groups in total. The molecule has 0 atom stereocenters. The minimum Gasteiger partial charge on any atom is -0.265 e. The second kappa shape index (κ2) is 10.3. The highest BCUT2D eigenvalue weighted by molar-refractivity contribution is 8.01. The zero-order valence-electron chi connectivity index (χ0n) is 17.2. The Morgan fingerprint density at radius 2 is 1.90 bits per heavy atom. The van der Waals surface area contributed by atoms with Crippen molar-refractivity contribution in [1.82, 2.24) is 9.55 Å². The van der Waals surface area contributed by atoms with Crippen LogP contribution >= 0.6 is 34.7 Å². The first-order valence-corrected chi connectivity index (χ1v) is 13.5. The number of nitrogens with one attached hydrogen (secondary N) is 1. The van der Waals surface area contributed by atoms with E-state index in [-0.39, 0.29) is 18.2 Å². The third-order valence-corrected chi connectivity index (χ3v) is 8.67. The van der Waals surface area contributed by atoms with Crippen molar-refractivity contribution in [1.29, 1.82) is 0 Å². The molecule has 168 valence electrons. The van der Waals surface area contributed by atoms with Crippen molar-refractivity contribution in [2.75, 3.05) is 17.1 Å². The number of rotatable bonds is 10. The van der Waals surface area contributed by atoms with E-state index in [1.165, 1.54) is 27.7 Å². The lowest BCUT2D eigenvalue weighted by Crippen LogP contribution is -2.17. The Bertz CT molecular complexity index is 1180. The van der Waals surface area contributed by atoms with Gasteiger partial charge in [0.05, 0.1) is 16.6 Å². The SMILES string of the molecule is Cc1sc(SCCCCCF)c2c(NS(=O)(=O)Cc3ccc(Cl)cc3)nc(=O)n-2c1C. The number of nitrogens with zero attached hydrogens (tertiary/aromatic N) is 2. The van der Waals surface area contributed by atoms with Crippen LogP contribution in [-0.4, -0.2) is 30.4 Å². The number of hydrogen-bond acceptors (Lipinski definition) is 6. The fourth-order valence-electron chi connectivity index (χ4n) is 3.01. The van der Waals surface area contributed by atoms with Crippen LogP contribution in [0.15, 0.2) is 33.3 Å². The summed E-state index contributed by atoms with van der Waals surface area (Å²) >= 11 is 8.89. The predicted octanol–water partition coefficient (Wildman–Crippen LogP) is 5.18. The first-order valence-electron chi connectivity index (χ1n) is 9.68. The van der Waals surface area contributed by atoms with Gasteiger partial charge < -0.3 is 0 Å². The lowest BCUT2D eigenvalue weighted by Gasteiger charge is -2.16. The number of halogens is 2. The van der Waals surface area contributed by atoms with Gasteiger partial charge in [-0.1, -0.05) is 30.2 Å². The molecule has 0 radical (unpaired) electrons. The molecule has 2 heterocycles. The highest BCUT2D eigenvalue weighted by atomic mass is 35.5. The minimum atomic E-state index is -3.81. The number of aryl methyl sites for hydroxylation is 1. The monoisotopic (exact) mass is 503 g/mol. The van der Waals surface area contributed by atoms with Crippen molar-refractivity contribution in [2.45, 2.75) is 43.1 Å². The molecule has 2 aliphatic rings. The van der Waals surface area contributed by atoms with Gasteiger partial charge in [-0.15, -0.1) is 23.1 Å². The summed E-state index contributed by atoms with van der Waals surface area (Å²) in [6.07, 6.45) is 2.14. The van der Waals surface area contributed by atoms with E-state index in [0.29, 0.717) is 22.7 Å². The second-order valence-corrected chi connectivity index (χ2v) is 11.8. The van der Waals surface area contributed by atoms with E-state index in [0.717, 1.165) is 33.4 Å². The van der Waals surface area contributed by atoms with Gasteiger partial charge in [-0.3, -0.25) is 13.7 Å². The molecule has 0 aliphatic carbocycles. The zero-order chi connectivity index (χ0) is 22.6. The number of fused-ring (bicyclic) bond motifs is 1. The van der Waals surface area contributed by atoms with Crippen LogP contribution in [0, 0.1) is 13.8 Å². The lowest BCUT2D eigenvalue weighted by molar-refractivity contribution is 0.460. The third kappa shape index (κ3) is 6.00. The molecule has 0 fully saturated rings. The van der Waals surface area contributed by atoms with Crippen LogP contribution in [0.1, 0.15) is 35.4 Å². The van der Waals surface area contributed by atoms with Gasteiger partial charge in [0.15, 0.2) is 5.82 Å². The summed E-state index contributed by atoms with van der Waals surface area (Å²) in [7, 11) is -3.81. The van der Waals surface area contributed by atoms with E-state index < -0.39 is 15.7 Å². The number of aromatic nitrogens is 2. The van der Waals surface area contributed by atoms with Crippen LogP contribution in [0.5, 0.6) is 0 Å². The maximum absolute atomic E-state index is 12.8. The van der Waals surface area contributed by atoms with E-state index in [2.05, 4.69) is 9.71 Å². The molecule has 1 aromatic rings. The third-order valence-electron chi connectivity index (χ3n) is 4.66. The van der Waals surface area contributed by atoms with Gasteiger partial charge >= 0.3 is 5.69 Å². The smallest absolute Gasteiger partial charge is 0.265 e. The highest BCUT2D eigenvalue weighted by Crippen LogP contribution is 2.38. The number of thioether (sulfide) groups is 1. The number of sulfonamides is 1. The maximum atomic E-state index is 12.8. The molecule has 0 saturated carbocycles. The highest BCUT2D eigenvalue weighted by Gasteiger charge is 2.26. The van der Waals surface area contributed by atoms with Gasteiger partial charge in [-0.05, 0) is 50.1 Å². The van der Waals surface area contributed by atoms with Gasteiger partial charge in [0.2, 0.25) is 10.0 Å². The quantitative estimate of drug-likeness (QED) is 0.304. The molecule has 0 aromatic heterocycles. The molecule has 0 bridgehead atoms. The molecule has 2 aliphatic heterocycles. The average Bonchev–Trinajstić information content (AvgIpc) is 3.02. The number of imidazole rings is 1. The molecule has 0 amide bonds. The number of unbranched alkanes of at least 4 members (excludes halogenated alkanes) is 2. The summed E-state index contributed by atoms with van der Waals surface area (Å²) in [5.74, 6) is 0.507. The molecule has 6 nitrogen and oxygen atoms in total. The number of hydrogen-bond donors (Lipinski definition) is 1. The van der Waals surface area contributed by atoms with E-state index in [4.69, 9.17) is 11.6 Å². The van der Waals surface area contributed by atoms with E-state index in [9.17, 15) is 17.6 Å². The summed E-state index contributed by atoms with van der Waals surface area (Å²) in [5.41, 5.74) is 1.24. The molecule has 11 heteroatoms. The Labute approximate surface area is 194 Å². The van der Waals surface area contributed by atoms with Crippen LogP contribution in [0.2, 0.25) is 5.02 Å². The summed E-state index contributed by atoms with van der Waals surface area (Å²) in [6.45, 7) is 3.39. The van der Waals surface area contributed by atoms with Crippen LogP contribution < -0.4 is 10.4 Å². The molecule has 1 aromatic carbocycles. The largest absolute Gasteiger partial charge is 0.354 e. The van der Waals surface area contributed by atoms with E-state index in [1.54, 1.807) is 24.3 Å². The molecule has 0 saturated heterocycles. The minimum absolute atomic E-state index is 0.0320. The maximum Gasteiger partial charge on any atom is 0.354 e. The fourth-order valence-corrected chi connectivity index (χ4v) is 6.80. The Morgan fingerprint density at radius 3 is 2.58 bits per heavy atom. The fraction of sp³-hybridized carbons (Fsp3) is 0.400. The van der Waals surface area contributed by atoms with Crippen molar-refractivity contribution >= 4 is 50.5 Å². The number of alkyl halides is 1. The van der Waals surface area contributed by atoms with Crippen molar-refractivity contribution in [2.24, 2.45) is 0 Å².